The van der Waals surface area contributed by atoms with Gasteiger partial charge in [0, 0.05) is 31.6 Å². The molecule has 0 saturated carbocycles. The van der Waals surface area contributed by atoms with Crippen molar-refractivity contribution < 1.29 is 4.74 Å². The van der Waals surface area contributed by atoms with E-state index in [1.165, 1.54) is 5.56 Å². The first-order valence-corrected chi connectivity index (χ1v) is 5.55. The number of hydrogen-bond acceptors (Lipinski definition) is 3. The Morgan fingerprint density at radius 2 is 2.07 bits per heavy atom. The Morgan fingerprint density at radius 1 is 1.33 bits per heavy atom. The Balaban J connectivity index is 2.16. The van der Waals surface area contributed by atoms with Gasteiger partial charge in [0.1, 0.15) is 0 Å². The summed E-state index contributed by atoms with van der Waals surface area (Å²) in [5, 5.41) is 3.41. The molecule has 0 aliphatic carbocycles. The largest absolute Gasteiger partial charge is 0.380 e. The summed E-state index contributed by atoms with van der Waals surface area (Å²) >= 11 is 0. The van der Waals surface area contributed by atoms with Gasteiger partial charge in [-0.2, -0.15) is 0 Å². The summed E-state index contributed by atoms with van der Waals surface area (Å²) in [5.41, 5.74) is 1.26. The zero-order valence-electron chi connectivity index (χ0n) is 9.57. The van der Waals surface area contributed by atoms with Gasteiger partial charge < -0.3 is 10.1 Å². The molecule has 0 aromatic carbocycles. The van der Waals surface area contributed by atoms with Crippen LogP contribution < -0.4 is 5.32 Å². The van der Waals surface area contributed by atoms with Crippen molar-refractivity contribution in [3.05, 3.63) is 30.1 Å². The van der Waals surface area contributed by atoms with Crippen molar-refractivity contribution in [2.24, 2.45) is 0 Å². The summed E-state index contributed by atoms with van der Waals surface area (Å²) in [6, 6.07) is 4.42. The molecule has 1 atom stereocenters. The summed E-state index contributed by atoms with van der Waals surface area (Å²) in [5.74, 6) is 0. The molecular formula is C12H20N2O. The number of hydrogen-bond donors (Lipinski definition) is 1. The van der Waals surface area contributed by atoms with Crippen molar-refractivity contribution in [3.8, 4) is 0 Å². The Labute approximate surface area is 91.9 Å². The van der Waals surface area contributed by atoms with Crippen molar-refractivity contribution in [3.63, 3.8) is 0 Å². The molecule has 0 bridgehead atoms. The summed E-state index contributed by atoms with van der Waals surface area (Å²) in [6.45, 7) is 6.79. The van der Waals surface area contributed by atoms with Gasteiger partial charge in [0.25, 0.3) is 0 Å². The van der Waals surface area contributed by atoms with Crippen LogP contribution >= 0.6 is 0 Å². The van der Waals surface area contributed by atoms with E-state index in [9.17, 15) is 0 Å². The fraction of sp³-hybridized carbons (Fsp3) is 0.583. The first kappa shape index (κ1) is 12.1. The lowest BCUT2D eigenvalue weighted by Crippen LogP contribution is -2.23. The summed E-state index contributed by atoms with van der Waals surface area (Å²) in [6.07, 6.45) is 4.72. The second-order valence-electron chi connectivity index (χ2n) is 3.57. The monoisotopic (exact) mass is 208 g/mol. The minimum atomic E-state index is 0.359. The van der Waals surface area contributed by atoms with Crippen LogP contribution in [0.2, 0.25) is 0 Å². The second-order valence-corrected chi connectivity index (χ2v) is 3.57. The number of nitrogens with one attached hydrogen (secondary N) is 1. The minimum absolute atomic E-state index is 0.359. The summed E-state index contributed by atoms with van der Waals surface area (Å²) in [4.78, 5) is 4.00. The van der Waals surface area contributed by atoms with E-state index in [1.54, 1.807) is 0 Å². The van der Waals surface area contributed by atoms with E-state index in [1.807, 2.05) is 24.5 Å². The van der Waals surface area contributed by atoms with Gasteiger partial charge in [-0.05, 0) is 31.0 Å². The molecule has 1 heterocycles. The summed E-state index contributed by atoms with van der Waals surface area (Å²) in [7, 11) is 0. The van der Waals surface area contributed by atoms with Gasteiger partial charge in [0.05, 0.1) is 6.61 Å². The van der Waals surface area contributed by atoms with Gasteiger partial charge in [-0.15, -0.1) is 0 Å². The number of pyridine rings is 1. The predicted octanol–water partition coefficient (Wildman–Crippen LogP) is 2.16. The standard InChI is InChI=1S/C12H20N2O/c1-3-9-15-10-8-14-11(2)12-4-6-13-7-5-12/h4-7,11,14H,3,8-10H2,1-2H3/t11-/m0/s1. The molecule has 1 aromatic rings. The molecule has 0 saturated heterocycles. The molecule has 1 N–H and O–H groups in total. The molecule has 0 aliphatic rings. The molecule has 1 aromatic heterocycles. The van der Waals surface area contributed by atoms with Crippen molar-refractivity contribution >= 4 is 0 Å². The maximum Gasteiger partial charge on any atom is 0.0591 e. The number of nitrogens with zero attached hydrogens (tertiary/aromatic N) is 1. The Hall–Kier alpha value is -0.930. The van der Waals surface area contributed by atoms with Gasteiger partial charge in [0.2, 0.25) is 0 Å². The van der Waals surface area contributed by atoms with E-state index in [4.69, 9.17) is 4.74 Å². The molecule has 0 amide bonds. The molecule has 0 unspecified atom stereocenters. The minimum Gasteiger partial charge on any atom is -0.380 e. The average molecular weight is 208 g/mol. The van der Waals surface area contributed by atoms with Gasteiger partial charge >= 0.3 is 0 Å². The lowest BCUT2D eigenvalue weighted by molar-refractivity contribution is 0.135. The Kier molecular flexibility index (Phi) is 5.97. The lowest BCUT2D eigenvalue weighted by Gasteiger charge is -2.13. The molecular weight excluding hydrogens is 188 g/mol. The third-order valence-corrected chi connectivity index (χ3v) is 2.25. The Morgan fingerprint density at radius 3 is 2.73 bits per heavy atom. The van der Waals surface area contributed by atoms with Crippen LogP contribution in [0.1, 0.15) is 31.9 Å². The molecule has 1 rings (SSSR count). The van der Waals surface area contributed by atoms with Gasteiger partial charge in [-0.25, -0.2) is 0 Å². The van der Waals surface area contributed by atoms with E-state index < -0.39 is 0 Å². The van der Waals surface area contributed by atoms with E-state index in [2.05, 4.69) is 24.1 Å². The van der Waals surface area contributed by atoms with E-state index in [-0.39, 0.29) is 0 Å². The highest BCUT2D eigenvalue weighted by molar-refractivity contribution is 5.13. The smallest absolute Gasteiger partial charge is 0.0591 e. The summed E-state index contributed by atoms with van der Waals surface area (Å²) < 4.78 is 5.39. The molecule has 3 heteroatoms. The van der Waals surface area contributed by atoms with Crippen LogP contribution in [0.3, 0.4) is 0 Å². The highest BCUT2D eigenvalue weighted by atomic mass is 16.5. The molecule has 3 nitrogen and oxygen atoms in total. The van der Waals surface area contributed by atoms with Crippen LogP contribution in [0.5, 0.6) is 0 Å². The molecule has 15 heavy (non-hydrogen) atoms. The van der Waals surface area contributed by atoms with Crippen molar-refractivity contribution in [2.45, 2.75) is 26.3 Å². The normalized spacial score (nSPS) is 12.7. The fourth-order valence-electron chi connectivity index (χ4n) is 1.36. The molecule has 0 spiro atoms. The van der Waals surface area contributed by atoms with Crippen LogP contribution in [0, 0.1) is 0 Å². The molecule has 0 fully saturated rings. The third-order valence-electron chi connectivity index (χ3n) is 2.25. The fourth-order valence-corrected chi connectivity index (χ4v) is 1.36. The van der Waals surface area contributed by atoms with E-state index in [0.717, 1.165) is 26.2 Å². The first-order valence-electron chi connectivity index (χ1n) is 5.55. The quantitative estimate of drug-likeness (QED) is 0.697. The van der Waals surface area contributed by atoms with E-state index >= 15 is 0 Å². The SMILES string of the molecule is CCCOCCN[C@@H](C)c1ccncc1. The van der Waals surface area contributed by atoms with Crippen LogP contribution in [-0.4, -0.2) is 24.7 Å². The van der Waals surface area contributed by atoms with Gasteiger partial charge in [-0.1, -0.05) is 6.92 Å². The zero-order chi connectivity index (χ0) is 10.9. The maximum atomic E-state index is 5.39. The first-order chi connectivity index (χ1) is 7.34. The highest BCUT2D eigenvalue weighted by Gasteiger charge is 2.02. The molecule has 0 radical (unpaired) electrons. The predicted molar refractivity (Wildman–Crippen MR) is 61.8 cm³/mol. The molecule has 0 aliphatic heterocycles. The van der Waals surface area contributed by atoms with Crippen LogP contribution in [0.15, 0.2) is 24.5 Å². The van der Waals surface area contributed by atoms with Crippen molar-refractivity contribution in [1.82, 2.24) is 10.3 Å². The average Bonchev–Trinajstić information content (AvgIpc) is 2.30. The number of rotatable bonds is 7. The van der Waals surface area contributed by atoms with Crippen LogP contribution in [0.25, 0.3) is 0 Å². The highest BCUT2D eigenvalue weighted by Crippen LogP contribution is 2.09. The van der Waals surface area contributed by atoms with Crippen molar-refractivity contribution in [2.75, 3.05) is 19.8 Å². The van der Waals surface area contributed by atoms with Crippen molar-refractivity contribution in [1.29, 1.82) is 0 Å². The zero-order valence-corrected chi connectivity index (χ0v) is 9.57. The molecule has 84 valence electrons. The topological polar surface area (TPSA) is 34.1 Å². The number of aromatic nitrogens is 1. The lowest BCUT2D eigenvalue weighted by atomic mass is 10.1. The number of ether oxygens (including phenoxy) is 1. The second kappa shape index (κ2) is 7.37. The Bertz CT molecular complexity index is 251. The van der Waals surface area contributed by atoms with Gasteiger partial charge in [-0.3, -0.25) is 4.98 Å². The van der Waals surface area contributed by atoms with E-state index in [0.29, 0.717) is 6.04 Å². The maximum absolute atomic E-state index is 5.39. The third kappa shape index (κ3) is 4.91. The van der Waals surface area contributed by atoms with Crippen LogP contribution in [-0.2, 0) is 4.74 Å². The van der Waals surface area contributed by atoms with Gasteiger partial charge in [0.15, 0.2) is 0 Å². The van der Waals surface area contributed by atoms with Crippen LogP contribution in [0.4, 0.5) is 0 Å².